The number of primary amides is 1. The van der Waals surface area contributed by atoms with Gasteiger partial charge in [-0.1, -0.05) is 41.9 Å². The molecule has 0 radical (unpaired) electrons. The maximum absolute atomic E-state index is 13.7. The molecule has 2 rings (SSSR count). The summed E-state index contributed by atoms with van der Waals surface area (Å²) < 4.78 is 13.7. The van der Waals surface area contributed by atoms with E-state index in [-0.39, 0.29) is 11.4 Å². The van der Waals surface area contributed by atoms with Crippen LogP contribution in [0.25, 0.3) is 6.08 Å². The molecular formula is C17H12ClFN2O. The number of amides is 1. The fourth-order valence-electron chi connectivity index (χ4n) is 1.97. The molecule has 5 heteroatoms. The zero-order chi connectivity index (χ0) is 16.1. The van der Waals surface area contributed by atoms with Gasteiger partial charge in [0.05, 0.1) is 0 Å². The van der Waals surface area contributed by atoms with Crippen LogP contribution in [0.1, 0.15) is 16.7 Å². The first-order chi connectivity index (χ1) is 10.5. The van der Waals surface area contributed by atoms with Crippen LogP contribution in [-0.2, 0) is 11.2 Å². The van der Waals surface area contributed by atoms with Gasteiger partial charge in [-0.2, -0.15) is 5.26 Å². The SMILES string of the molecule is N#C/C(=C\c1ccc(Cc2ccccc2F)c(Cl)c1)C(N)=O. The summed E-state index contributed by atoms with van der Waals surface area (Å²) in [5.74, 6) is -1.09. The lowest BCUT2D eigenvalue weighted by atomic mass is 10.0. The Morgan fingerprint density at radius 3 is 2.59 bits per heavy atom. The summed E-state index contributed by atoms with van der Waals surface area (Å²) in [7, 11) is 0. The first-order valence-corrected chi connectivity index (χ1v) is 6.82. The van der Waals surface area contributed by atoms with E-state index in [1.807, 2.05) is 0 Å². The van der Waals surface area contributed by atoms with Crippen molar-refractivity contribution in [3.8, 4) is 6.07 Å². The lowest BCUT2D eigenvalue weighted by Gasteiger charge is -2.07. The van der Waals surface area contributed by atoms with Crippen molar-refractivity contribution in [3.63, 3.8) is 0 Å². The van der Waals surface area contributed by atoms with Crippen molar-refractivity contribution in [1.82, 2.24) is 0 Å². The van der Waals surface area contributed by atoms with Gasteiger partial charge in [0, 0.05) is 11.4 Å². The maximum atomic E-state index is 13.7. The lowest BCUT2D eigenvalue weighted by Crippen LogP contribution is -2.12. The highest BCUT2D eigenvalue weighted by atomic mass is 35.5. The topological polar surface area (TPSA) is 66.9 Å². The number of rotatable bonds is 4. The maximum Gasteiger partial charge on any atom is 0.259 e. The summed E-state index contributed by atoms with van der Waals surface area (Å²) in [6.07, 6.45) is 1.72. The summed E-state index contributed by atoms with van der Waals surface area (Å²) in [6.45, 7) is 0. The number of carbonyl (C=O) groups excluding carboxylic acids is 1. The molecule has 0 atom stereocenters. The normalized spacial score (nSPS) is 11.0. The van der Waals surface area contributed by atoms with E-state index in [0.717, 1.165) is 5.56 Å². The molecule has 0 aromatic heterocycles. The van der Waals surface area contributed by atoms with Gasteiger partial charge in [0.2, 0.25) is 0 Å². The van der Waals surface area contributed by atoms with Crippen LogP contribution in [0.3, 0.4) is 0 Å². The molecule has 0 saturated carbocycles. The second-order valence-electron chi connectivity index (χ2n) is 4.65. The van der Waals surface area contributed by atoms with Crippen LogP contribution in [0.5, 0.6) is 0 Å². The number of nitriles is 1. The van der Waals surface area contributed by atoms with Crippen LogP contribution in [0.2, 0.25) is 5.02 Å². The Bertz CT molecular complexity index is 793. The van der Waals surface area contributed by atoms with Gasteiger partial charge in [-0.3, -0.25) is 4.79 Å². The Morgan fingerprint density at radius 1 is 1.27 bits per heavy atom. The van der Waals surface area contributed by atoms with Crippen LogP contribution < -0.4 is 5.73 Å². The molecule has 0 unspecified atom stereocenters. The Hall–Kier alpha value is -2.64. The minimum atomic E-state index is -0.797. The van der Waals surface area contributed by atoms with Gasteiger partial charge >= 0.3 is 0 Å². The van der Waals surface area contributed by atoms with E-state index >= 15 is 0 Å². The number of benzene rings is 2. The van der Waals surface area contributed by atoms with E-state index in [1.54, 1.807) is 42.5 Å². The molecule has 22 heavy (non-hydrogen) atoms. The number of nitrogens with zero attached hydrogens (tertiary/aromatic N) is 1. The summed E-state index contributed by atoms with van der Waals surface area (Å²) in [4.78, 5) is 11.0. The average Bonchev–Trinajstić information content (AvgIpc) is 2.49. The molecule has 2 aromatic rings. The van der Waals surface area contributed by atoms with Crippen LogP contribution in [0.4, 0.5) is 4.39 Å². The molecule has 0 aliphatic carbocycles. The number of hydrogen-bond acceptors (Lipinski definition) is 2. The van der Waals surface area contributed by atoms with Gasteiger partial charge in [-0.15, -0.1) is 0 Å². The van der Waals surface area contributed by atoms with E-state index < -0.39 is 5.91 Å². The van der Waals surface area contributed by atoms with Crippen molar-refractivity contribution in [2.75, 3.05) is 0 Å². The molecule has 110 valence electrons. The number of nitrogens with two attached hydrogens (primary N) is 1. The zero-order valence-corrected chi connectivity index (χ0v) is 12.3. The van der Waals surface area contributed by atoms with Gasteiger partial charge < -0.3 is 5.73 Å². The molecule has 0 saturated heterocycles. The first kappa shape index (κ1) is 15.7. The second kappa shape index (κ2) is 6.88. The Balaban J connectivity index is 2.30. The molecular weight excluding hydrogens is 303 g/mol. The highest BCUT2D eigenvalue weighted by Gasteiger charge is 2.08. The summed E-state index contributed by atoms with van der Waals surface area (Å²) in [5, 5.41) is 9.24. The van der Waals surface area contributed by atoms with Gasteiger partial charge in [0.1, 0.15) is 17.5 Å². The lowest BCUT2D eigenvalue weighted by molar-refractivity contribution is -0.114. The summed E-state index contributed by atoms with van der Waals surface area (Å²) >= 11 is 6.19. The molecule has 0 bridgehead atoms. The highest BCUT2D eigenvalue weighted by Crippen LogP contribution is 2.23. The molecule has 0 spiro atoms. The summed E-state index contributed by atoms with van der Waals surface area (Å²) in [6, 6.07) is 13.2. The predicted octanol–water partition coefficient (Wildman–Crippen LogP) is 3.46. The van der Waals surface area contributed by atoms with Gasteiger partial charge in [-0.25, -0.2) is 4.39 Å². The van der Waals surface area contributed by atoms with Crippen molar-refractivity contribution in [1.29, 1.82) is 5.26 Å². The standard InChI is InChI=1S/C17H12ClFN2O/c18-15-8-11(7-14(10-20)17(21)22)5-6-12(15)9-13-3-1-2-4-16(13)19/h1-8H,9H2,(H2,21,22)/b14-7+. The number of carbonyl (C=O) groups is 1. The third-order valence-electron chi connectivity index (χ3n) is 3.11. The molecule has 0 aliphatic rings. The largest absolute Gasteiger partial charge is 0.365 e. The molecule has 3 nitrogen and oxygen atoms in total. The second-order valence-corrected chi connectivity index (χ2v) is 5.06. The van der Waals surface area contributed by atoms with Crippen LogP contribution in [0.15, 0.2) is 48.0 Å². The van der Waals surface area contributed by atoms with E-state index in [2.05, 4.69) is 0 Å². The quantitative estimate of drug-likeness (QED) is 0.693. The van der Waals surface area contributed by atoms with Crippen LogP contribution in [0, 0.1) is 17.1 Å². The zero-order valence-electron chi connectivity index (χ0n) is 11.5. The van der Waals surface area contributed by atoms with E-state index in [9.17, 15) is 9.18 Å². The molecule has 0 aliphatic heterocycles. The average molecular weight is 315 g/mol. The Morgan fingerprint density at radius 2 is 2.00 bits per heavy atom. The van der Waals surface area contributed by atoms with Crippen molar-refractivity contribution >= 4 is 23.6 Å². The predicted molar refractivity (Wildman–Crippen MR) is 83.4 cm³/mol. The van der Waals surface area contributed by atoms with Gasteiger partial charge in [-0.05, 0) is 34.9 Å². The Labute approximate surface area is 132 Å². The smallest absolute Gasteiger partial charge is 0.259 e. The van der Waals surface area contributed by atoms with E-state index in [0.29, 0.717) is 22.6 Å². The highest BCUT2D eigenvalue weighted by molar-refractivity contribution is 6.31. The van der Waals surface area contributed by atoms with Crippen LogP contribution in [-0.4, -0.2) is 5.91 Å². The monoisotopic (exact) mass is 314 g/mol. The third kappa shape index (κ3) is 3.72. The van der Waals surface area contributed by atoms with Gasteiger partial charge in [0.25, 0.3) is 5.91 Å². The molecule has 0 fully saturated rings. The molecule has 1 amide bonds. The fourth-order valence-corrected chi connectivity index (χ4v) is 2.22. The fraction of sp³-hybridized carbons (Fsp3) is 0.0588. The van der Waals surface area contributed by atoms with Crippen molar-refractivity contribution < 1.29 is 9.18 Å². The minimum absolute atomic E-state index is 0.155. The van der Waals surface area contributed by atoms with E-state index in [4.69, 9.17) is 22.6 Å². The Kier molecular flexibility index (Phi) is 4.92. The van der Waals surface area contributed by atoms with Crippen LogP contribution >= 0.6 is 11.6 Å². The molecule has 2 N–H and O–H groups in total. The third-order valence-corrected chi connectivity index (χ3v) is 3.46. The first-order valence-electron chi connectivity index (χ1n) is 6.44. The van der Waals surface area contributed by atoms with Crippen molar-refractivity contribution in [2.24, 2.45) is 5.73 Å². The number of halogens is 2. The number of hydrogen-bond donors (Lipinski definition) is 1. The van der Waals surface area contributed by atoms with Crippen molar-refractivity contribution in [2.45, 2.75) is 6.42 Å². The molecule has 0 heterocycles. The minimum Gasteiger partial charge on any atom is -0.365 e. The van der Waals surface area contributed by atoms with E-state index in [1.165, 1.54) is 12.1 Å². The molecule has 2 aromatic carbocycles. The van der Waals surface area contributed by atoms with Gasteiger partial charge in [0.15, 0.2) is 0 Å². The summed E-state index contributed by atoms with van der Waals surface area (Å²) in [5.41, 5.74) is 6.80. The van der Waals surface area contributed by atoms with Crippen molar-refractivity contribution in [3.05, 3.63) is 75.6 Å².